The van der Waals surface area contributed by atoms with Crippen molar-refractivity contribution in [2.24, 2.45) is 0 Å². The second kappa shape index (κ2) is 10.2. The Morgan fingerprint density at radius 2 is 2.10 bits per heavy atom. The van der Waals surface area contributed by atoms with E-state index in [1.54, 1.807) is 18.4 Å². The van der Waals surface area contributed by atoms with Crippen molar-refractivity contribution in [2.75, 3.05) is 19.3 Å². The van der Waals surface area contributed by atoms with E-state index in [1.807, 2.05) is 18.2 Å². The Kier molecular flexibility index (Phi) is 7.71. The first kappa shape index (κ1) is 21.8. The van der Waals surface area contributed by atoms with Gasteiger partial charge in [-0.05, 0) is 42.5 Å². The van der Waals surface area contributed by atoms with Crippen LogP contribution in [0.2, 0.25) is 0 Å². The Hall–Kier alpha value is -1.87. The Morgan fingerprint density at radius 3 is 2.76 bits per heavy atom. The number of nitrogens with one attached hydrogen (secondary N) is 2. The lowest BCUT2D eigenvalue weighted by molar-refractivity contribution is 0.0956. The fourth-order valence-electron chi connectivity index (χ4n) is 3.51. The van der Waals surface area contributed by atoms with E-state index in [0.29, 0.717) is 23.9 Å². The van der Waals surface area contributed by atoms with E-state index in [9.17, 15) is 9.35 Å². The van der Waals surface area contributed by atoms with Gasteiger partial charge < -0.3 is 14.4 Å². The van der Waals surface area contributed by atoms with Gasteiger partial charge in [-0.3, -0.25) is 4.79 Å². The minimum Gasteiger partial charge on any atom is -0.598 e. The van der Waals surface area contributed by atoms with Crippen LogP contribution in [-0.4, -0.2) is 39.4 Å². The molecule has 1 unspecified atom stereocenters. The number of carbonyl (C=O) groups excluding carboxylic acids is 1. The first-order valence-corrected chi connectivity index (χ1v) is 12.1. The van der Waals surface area contributed by atoms with Crippen molar-refractivity contribution in [1.82, 2.24) is 19.6 Å². The summed E-state index contributed by atoms with van der Waals surface area (Å²) in [7, 11) is 1.63. The molecule has 2 N–H and O–H groups in total. The van der Waals surface area contributed by atoms with Gasteiger partial charge in [0.1, 0.15) is 11.6 Å². The molecule has 0 aliphatic rings. The van der Waals surface area contributed by atoms with Crippen LogP contribution in [-0.2, 0) is 17.8 Å². The molecule has 0 bridgehead atoms. The third-order valence-corrected chi connectivity index (χ3v) is 6.95. The highest BCUT2D eigenvalue weighted by Gasteiger charge is 2.19. The van der Waals surface area contributed by atoms with Crippen LogP contribution >= 0.6 is 11.3 Å². The lowest BCUT2D eigenvalue weighted by Gasteiger charge is -2.18. The topological polar surface area (TPSA) is 82.0 Å². The molecule has 2 heterocycles. The molecule has 0 saturated carbocycles. The molecule has 1 amide bonds. The van der Waals surface area contributed by atoms with Crippen LogP contribution in [0, 0.1) is 0 Å². The molecule has 0 saturated heterocycles. The van der Waals surface area contributed by atoms with E-state index in [0.717, 1.165) is 36.1 Å². The first-order valence-electron chi connectivity index (χ1n) is 9.94. The van der Waals surface area contributed by atoms with Crippen LogP contribution in [0.25, 0.3) is 11.0 Å². The maximum absolute atomic E-state index is 12.5. The lowest BCUT2D eigenvalue weighted by atomic mass is 10.1. The summed E-state index contributed by atoms with van der Waals surface area (Å²) in [5, 5.41) is 4.91. The van der Waals surface area contributed by atoms with E-state index >= 15 is 0 Å². The minimum absolute atomic E-state index is 0.170. The van der Waals surface area contributed by atoms with Gasteiger partial charge in [0.2, 0.25) is 0 Å². The van der Waals surface area contributed by atoms with Crippen molar-refractivity contribution >= 4 is 39.6 Å². The summed E-state index contributed by atoms with van der Waals surface area (Å²) in [6.45, 7) is 4.76. The number of imidazole rings is 1. The van der Waals surface area contributed by atoms with E-state index in [2.05, 4.69) is 46.0 Å². The third-order valence-electron chi connectivity index (χ3n) is 5.05. The SMILES string of the molecule is CCC(CC)n1c(Cc2cccs2)nc2cc(C(=O)NCC[S+]([O-])NC)ccc21. The summed E-state index contributed by atoms with van der Waals surface area (Å²) in [6.07, 6.45) is 2.86. The minimum atomic E-state index is -1.12. The molecular weight excluding hydrogens is 404 g/mol. The Balaban J connectivity index is 1.88. The summed E-state index contributed by atoms with van der Waals surface area (Å²) in [5.74, 6) is 1.24. The third kappa shape index (κ3) is 5.19. The number of aromatic nitrogens is 2. The van der Waals surface area contributed by atoms with Crippen molar-refractivity contribution in [3.8, 4) is 0 Å². The number of nitrogens with zero attached hydrogens (tertiary/aromatic N) is 2. The number of hydrogen-bond acceptors (Lipinski definition) is 5. The van der Waals surface area contributed by atoms with E-state index in [1.165, 1.54) is 4.88 Å². The van der Waals surface area contributed by atoms with Crippen LogP contribution in [0.3, 0.4) is 0 Å². The molecule has 2 aromatic heterocycles. The molecule has 29 heavy (non-hydrogen) atoms. The zero-order chi connectivity index (χ0) is 20.8. The zero-order valence-corrected chi connectivity index (χ0v) is 18.7. The summed E-state index contributed by atoms with van der Waals surface area (Å²) in [6, 6.07) is 10.3. The maximum Gasteiger partial charge on any atom is 0.251 e. The van der Waals surface area contributed by atoms with Crippen LogP contribution in [0.15, 0.2) is 35.7 Å². The first-order chi connectivity index (χ1) is 14.1. The van der Waals surface area contributed by atoms with Crippen molar-refractivity contribution in [3.05, 3.63) is 52.0 Å². The van der Waals surface area contributed by atoms with E-state index < -0.39 is 11.4 Å². The zero-order valence-electron chi connectivity index (χ0n) is 17.1. The van der Waals surface area contributed by atoms with Crippen molar-refractivity contribution in [1.29, 1.82) is 0 Å². The van der Waals surface area contributed by atoms with Gasteiger partial charge in [-0.2, -0.15) is 0 Å². The van der Waals surface area contributed by atoms with Crippen LogP contribution in [0.1, 0.15) is 53.8 Å². The van der Waals surface area contributed by atoms with Gasteiger partial charge in [-0.1, -0.05) is 19.9 Å². The summed E-state index contributed by atoms with van der Waals surface area (Å²) >= 11 is 0.612. The van der Waals surface area contributed by atoms with E-state index in [-0.39, 0.29) is 5.91 Å². The molecule has 0 spiro atoms. The normalized spacial score (nSPS) is 12.6. The lowest BCUT2D eigenvalue weighted by Crippen LogP contribution is -2.32. The van der Waals surface area contributed by atoms with Crippen LogP contribution < -0.4 is 10.0 Å². The number of hydrogen-bond donors (Lipinski definition) is 2. The fourth-order valence-corrected chi connectivity index (χ4v) is 4.70. The molecule has 3 rings (SSSR count). The van der Waals surface area contributed by atoms with Gasteiger partial charge >= 0.3 is 0 Å². The number of carbonyl (C=O) groups is 1. The molecular formula is C21H28N4O2S2. The molecule has 3 aromatic rings. The molecule has 156 valence electrons. The van der Waals surface area contributed by atoms with Crippen molar-refractivity contribution < 1.29 is 9.35 Å². The molecule has 0 fully saturated rings. The van der Waals surface area contributed by atoms with Gasteiger partial charge in [-0.25, -0.2) is 4.98 Å². The van der Waals surface area contributed by atoms with E-state index in [4.69, 9.17) is 4.98 Å². The standard InChI is InChI=1S/C21H28N4O2S2/c1-4-16(5-2)25-19-9-8-15(21(26)23-10-12-29(27)22-3)13-18(19)24-20(25)14-17-7-6-11-28-17/h6-9,11,13,16,22H,4-5,10,12,14H2,1-3H3,(H,23,26). The number of benzene rings is 1. The largest absolute Gasteiger partial charge is 0.598 e. The Bertz CT molecular complexity index is 936. The van der Waals surface area contributed by atoms with Crippen LogP contribution in [0.5, 0.6) is 0 Å². The monoisotopic (exact) mass is 432 g/mol. The molecule has 1 atom stereocenters. The second-order valence-electron chi connectivity index (χ2n) is 6.84. The van der Waals surface area contributed by atoms with Gasteiger partial charge in [0.25, 0.3) is 5.91 Å². The van der Waals surface area contributed by atoms with Gasteiger partial charge in [-0.15, -0.1) is 16.1 Å². The number of amides is 1. The molecule has 0 radical (unpaired) electrons. The highest BCUT2D eigenvalue weighted by Crippen LogP contribution is 2.28. The molecule has 8 heteroatoms. The molecule has 6 nitrogen and oxygen atoms in total. The van der Waals surface area contributed by atoms with Crippen molar-refractivity contribution in [2.45, 2.75) is 39.2 Å². The highest BCUT2D eigenvalue weighted by atomic mass is 32.2. The molecule has 1 aromatic carbocycles. The number of rotatable bonds is 10. The average Bonchev–Trinajstić information content (AvgIpc) is 3.36. The quantitative estimate of drug-likeness (QED) is 0.479. The summed E-state index contributed by atoms with van der Waals surface area (Å²) in [5.41, 5.74) is 2.48. The molecule has 0 aliphatic carbocycles. The smallest absolute Gasteiger partial charge is 0.251 e. The number of fused-ring (bicyclic) bond motifs is 1. The number of thiophene rings is 1. The predicted molar refractivity (Wildman–Crippen MR) is 121 cm³/mol. The second-order valence-corrected chi connectivity index (χ2v) is 9.38. The van der Waals surface area contributed by atoms with Gasteiger partial charge in [0, 0.05) is 41.3 Å². The highest BCUT2D eigenvalue weighted by molar-refractivity contribution is 7.89. The summed E-state index contributed by atoms with van der Waals surface area (Å²) in [4.78, 5) is 18.7. The Morgan fingerprint density at radius 1 is 1.31 bits per heavy atom. The maximum atomic E-state index is 12.5. The van der Waals surface area contributed by atoms with Crippen LogP contribution in [0.4, 0.5) is 0 Å². The fraction of sp³-hybridized carbons (Fsp3) is 0.429. The summed E-state index contributed by atoms with van der Waals surface area (Å²) < 4.78 is 16.4. The molecule has 0 aliphatic heterocycles. The van der Waals surface area contributed by atoms with Gasteiger partial charge in [0.05, 0.1) is 17.6 Å². The van der Waals surface area contributed by atoms with Crippen molar-refractivity contribution in [3.63, 3.8) is 0 Å². The predicted octanol–water partition coefficient (Wildman–Crippen LogP) is 3.66. The average molecular weight is 433 g/mol. The Labute approximate surface area is 179 Å². The van der Waals surface area contributed by atoms with Gasteiger partial charge in [0.15, 0.2) is 0 Å².